The van der Waals surface area contributed by atoms with Crippen LogP contribution in [0.15, 0.2) is 64.5 Å². The van der Waals surface area contributed by atoms with Crippen molar-refractivity contribution in [3.63, 3.8) is 0 Å². The van der Waals surface area contributed by atoms with E-state index < -0.39 is 0 Å². The molecule has 2 aromatic heterocycles. The number of hydrogen-bond donors (Lipinski definition) is 0. The third-order valence-electron chi connectivity index (χ3n) is 6.21. The maximum absolute atomic E-state index is 14.0. The number of thiophene rings is 1. The predicted molar refractivity (Wildman–Crippen MR) is 138 cm³/mol. The molecule has 1 aliphatic heterocycles. The van der Waals surface area contributed by atoms with E-state index in [-0.39, 0.29) is 11.7 Å². The monoisotopic (exact) mass is 476 g/mol. The molecule has 1 aliphatic rings. The van der Waals surface area contributed by atoms with Crippen LogP contribution in [0.5, 0.6) is 0 Å². The van der Waals surface area contributed by atoms with E-state index in [9.17, 15) is 4.79 Å². The van der Waals surface area contributed by atoms with Gasteiger partial charge in [-0.05, 0) is 42.5 Å². The second-order valence-electron chi connectivity index (χ2n) is 8.94. The fraction of sp³-hybridized carbons (Fsp3) is 0.333. The number of aryl methyl sites for hydroxylation is 2. The van der Waals surface area contributed by atoms with Crippen molar-refractivity contribution in [2.75, 3.05) is 5.75 Å². The van der Waals surface area contributed by atoms with E-state index in [1.807, 2.05) is 22.8 Å². The molecule has 4 aromatic rings. The number of ether oxygens (including phenoxy) is 1. The van der Waals surface area contributed by atoms with Crippen molar-refractivity contribution >= 4 is 33.3 Å². The molecule has 170 valence electrons. The van der Waals surface area contributed by atoms with Gasteiger partial charge >= 0.3 is 0 Å². The van der Waals surface area contributed by atoms with Crippen LogP contribution in [0, 0.1) is 12.8 Å². The lowest BCUT2D eigenvalue weighted by Crippen LogP contribution is -2.28. The topological polar surface area (TPSA) is 44.1 Å². The Morgan fingerprint density at radius 2 is 1.91 bits per heavy atom. The van der Waals surface area contributed by atoms with Crippen molar-refractivity contribution in [2.24, 2.45) is 5.92 Å². The molecule has 0 N–H and O–H groups in total. The summed E-state index contributed by atoms with van der Waals surface area (Å²) in [5, 5.41) is 1.53. The zero-order valence-electron chi connectivity index (χ0n) is 19.2. The summed E-state index contributed by atoms with van der Waals surface area (Å²) in [5.74, 6) is 1.27. The van der Waals surface area contributed by atoms with E-state index in [2.05, 4.69) is 57.2 Å². The summed E-state index contributed by atoms with van der Waals surface area (Å²) >= 11 is 3.26. The van der Waals surface area contributed by atoms with Gasteiger partial charge in [-0.3, -0.25) is 9.36 Å². The number of rotatable bonds is 6. The molecular weight excluding hydrogens is 448 g/mol. The van der Waals surface area contributed by atoms with Crippen LogP contribution in [0.1, 0.15) is 35.4 Å². The minimum atomic E-state index is 0.0352. The Morgan fingerprint density at radius 1 is 1.15 bits per heavy atom. The molecule has 0 saturated carbocycles. The van der Waals surface area contributed by atoms with E-state index in [1.165, 1.54) is 11.1 Å². The molecule has 0 unspecified atom stereocenters. The molecule has 0 spiro atoms. The summed E-state index contributed by atoms with van der Waals surface area (Å²) in [6.45, 7) is 6.98. The third kappa shape index (κ3) is 4.52. The first kappa shape index (κ1) is 22.4. The molecule has 0 bridgehead atoms. The number of hydrogen-bond acceptors (Lipinski definition) is 5. The van der Waals surface area contributed by atoms with Gasteiger partial charge in [-0.1, -0.05) is 73.6 Å². The quantitative estimate of drug-likeness (QED) is 0.246. The molecule has 4 nitrogen and oxygen atoms in total. The summed E-state index contributed by atoms with van der Waals surface area (Å²) in [5.41, 5.74) is 4.50. The highest BCUT2D eigenvalue weighted by atomic mass is 32.2. The highest BCUT2D eigenvalue weighted by Gasteiger charge is 2.28. The van der Waals surface area contributed by atoms with Crippen LogP contribution in [0.25, 0.3) is 15.9 Å². The summed E-state index contributed by atoms with van der Waals surface area (Å²) < 4.78 is 7.89. The average molecular weight is 477 g/mol. The van der Waals surface area contributed by atoms with E-state index >= 15 is 0 Å². The Morgan fingerprint density at radius 3 is 2.64 bits per heavy atom. The van der Waals surface area contributed by atoms with Crippen LogP contribution in [0.3, 0.4) is 0 Å². The molecule has 0 saturated heterocycles. The highest BCUT2D eigenvalue weighted by Crippen LogP contribution is 2.36. The van der Waals surface area contributed by atoms with Gasteiger partial charge in [0.05, 0.1) is 23.8 Å². The molecule has 3 heterocycles. The first-order chi connectivity index (χ1) is 16.0. The molecular formula is C27H28N2O2S2. The van der Waals surface area contributed by atoms with Crippen molar-refractivity contribution in [1.82, 2.24) is 9.55 Å². The Bertz CT molecular complexity index is 1320. The van der Waals surface area contributed by atoms with E-state index in [0.717, 1.165) is 50.1 Å². The van der Waals surface area contributed by atoms with Crippen LogP contribution in [0.4, 0.5) is 0 Å². The minimum absolute atomic E-state index is 0.0352. The van der Waals surface area contributed by atoms with Gasteiger partial charge in [0.1, 0.15) is 4.83 Å². The molecule has 0 aliphatic carbocycles. The molecule has 33 heavy (non-hydrogen) atoms. The van der Waals surface area contributed by atoms with Gasteiger partial charge in [-0.2, -0.15) is 0 Å². The summed E-state index contributed by atoms with van der Waals surface area (Å²) in [4.78, 5) is 21.0. The fourth-order valence-electron chi connectivity index (χ4n) is 4.26. The number of fused-ring (bicyclic) bond motifs is 3. The van der Waals surface area contributed by atoms with Crippen LogP contribution in [-0.2, 0) is 24.2 Å². The second-order valence-corrected chi connectivity index (χ2v) is 11.1. The zero-order chi connectivity index (χ0) is 22.9. The van der Waals surface area contributed by atoms with Gasteiger partial charge in [-0.25, -0.2) is 4.98 Å². The average Bonchev–Trinajstić information content (AvgIpc) is 3.18. The normalized spacial score (nSPS) is 15.8. The predicted octanol–water partition coefficient (Wildman–Crippen LogP) is 6.19. The highest BCUT2D eigenvalue weighted by molar-refractivity contribution is 7.99. The lowest BCUT2D eigenvalue weighted by atomic mass is 9.96. The fourth-order valence-corrected chi connectivity index (χ4v) is 6.42. The van der Waals surface area contributed by atoms with Gasteiger partial charge in [0, 0.05) is 17.1 Å². The van der Waals surface area contributed by atoms with E-state index in [4.69, 9.17) is 9.72 Å². The first-order valence-electron chi connectivity index (χ1n) is 11.4. The second kappa shape index (κ2) is 9.45. The van der Waals surface area contributed by atoms with Gasteiger partial charge in [0.25, 0.3) is 5.56 Å². The lowest BCUT2D eigenvalue weighted by molar-refractivity contribution is 0.00200. The van der Waals surface area contributed by atoms with E-state index in [1.54, 1.807) is 23.1 Å². The van der Waals surface area contributed by atoms with Crippen molar-refractivity contribution in [1.29, 1.82) is 0 Å². The lowest BCUT2D eigenvalue weighted by Gasteiger charge is -2.26. The van der Waals surface area contributed by atoms with E-state index in [0.29, 0.717) is 12.5 Å². The molecule has 0 fully saturated rings. The van der Waals surface area contributed by atoms with Crippen molar-refractivity contribution < 1.29 is 4.74 Å². The maximum atomic E-state index is 14.0. The minimum Gasteiger partial charge on any atom is -0.372 e. The zero-order valence-corrected chi connectivity index (χ0v) is 20.8. The molecule has 1 atom stereocenters. The Labute approximate surface area is 202 Å². The maximum Gasteiger partial charge on any atom is 0.267 e. The Balaban J connectivity index is 1.58. The molecule has 6 heteroatoms. The van der Waals surface area contributed by atoms with Crippen molar-refractivity contribution in [2.45, 2.75) is 51.5 Å². The van der Waals surface area contributed by atoms with Gasteiger partial charge in [0.15, 0.2) is 5.16 Å². The van der Waals surface area contributed by atoms with Crippen LogP contribution < -0.4 is 5.56 Å². The van der Waals surface area contributed by atoms with Gasteiger partial charge in [0.2, 0.25) is 0 Å². The Hall–Kier alpha value is -2.41. The molecule has 5 rings (SSSR count). The first-order valence-corrected chi connectivity index (χ1v) is 13.2. The van der Waals surface area contributed by atoms with Crippen molar-refractivity contribution in [3.8, 4) is 5.69 Å². The van der Waals surface area contributed by atoms with Crippen LogP contribution >= 0.6 is 23.1 Å². The summed E-state index contributed by atoms with van der Waals surface area (Å²) in [6, 6.07) is 18.6. The number of aromatic nitrogens is 2. The number of benzene rings is 2. The molecule has 0 radical (unpaired) electrons. The smallest absolute Gasteiger partial charge is 0.267 e. The van der Waals surface area contributed by atoms with Gasteiger partial charge in [-0.15, -0.1) is 11.3 Å². The summed E-state index contributed by atoms with van der Waals surface area (Å²) in [6.07, 6.45) is 1.85. The number of thioether (sulfide) groups is 1. The van der Waals surface area contributed by atoms with Crippen LogP contribution in [0.2, 0.25) is 0 Å². The molecule has 2 aromatic carbocycles. The molecule has 0 amide bonds. The van der Waals surface area contributed by atoms with Crippen LogP contribution in [-0.4, -0.2) is 21.4 Å². The third-order valence-corrected chi connectivity index (χ3v) is 8.25. The van der Waals surface area contributed by atoms with Crippen molar-refractivity contribution in [3.05, 3.63) is 86.5 Å². The summed E-state index contributed by atoms with van der Waals surface area (Å²) in [7, 11) is 0. The number of nitrogens with zero attached hydrogens (tertiary/aromatic N) is 2. The van der Waals surface area contributed by atoms with Gasteiger partial charge < -0.3 is 4.74 Å². The Kier molecular flexibility index (Phi) is 6.41. The standard InChI is InChI=1S/C27H28N2O2S2/c1-17(2)22-15-21-23(16-31-22)33-25-24(21)26(30)29(20-11-9-18(3)10-12-20)27(28-25)32-14-13-19-7-5-4-6-8-19/h4-12,17,22H,13-16H2,1-3H3/t22-/m0/s1. The SMILES string of the molecule is Cc1ccc(-n2c(SCCc3ccccc3)nc3sc4c(c3c2=O)C[C@@H](C(C)C)OC4)cc1. The largest absolute Gasteiger partial charge is 0.372 e.